The topological polar surface area (TPSA) is 100 Å². The van der Waals surface area contributed by atoms with E-state index >= 15 is 0 Å². The van der Waals surface area contributed by atoms with Gasteiger partial charge >= 0.3 is 0 Å². The zero-order valence-electron chi connectivity index (χ0n) is 14.8. The molecule has 3 rings (SSSR count). The molecular weight excluding hydrogens is 374 g/mol. The van der Waals surface area contributed by atoms with Gasteiger partial charge in [0.1, 0.15) is 6.33 Å². The number of benzene rings is 2. The van der Waals surface area contributed by atoms with Gasteiger partial charge in [-0.05, 0) is 28.6 Å². The minimum absolute atomic E-state index is 0.262. The van der Waals surface area contributed by atoms with E-state index in [1.165, 1.54) is 32.3 Å². The van der Waals surface area contributed by atoms with E-state index in [1.54, 1.807) is 30.3 Å². The number of hydrogen-bond donors (Lipinski definition) is 1. The van der Waals surface area contributed by atoms with E-state index in [0.29, 0.717) is 28.6 Å². The Morgan fingerprint density at radius 3 is 2.33 bits per heavy atom. The van der Waals surface area contributed by atoms with Gasteiger partial charge in [0, 0.05) is 17.8 Å². The van der Waals surface area contributed by atoms with Crippen LogP contribution >= 0.6 is 11.6 Å². The van der Waals surface area contributed by atoms with Crippen LogP contribution in [0.15, 0.2) is 36.7 Å². The van der Waals surface area contributed by atoms with Crippen molar-refractivity contribution >= 4 is 23.2 Å². The first-order valence-corrected chi connectivity index (χ1v) is 8.09. The third kappa shape index (κ3) is 3.77. The monoisotopic (exact) mass is 389 g/mol. The van der Waals surface area contributed by atoms with E-state index in [4.69, 9.17) is 25.8 Å². The number of methoxy groups -OCH3 is 3. The average molecular weight is 390 g/mol. The molecule has 0 unspecified atom stereocenters. The summed E-state index contributed by atoms with van der Waals surface area (Å²) in [5, 5.41) is 14.0. The van der Waals surface area contributed by atoms with Gasteiger partial charge in [-0.25, -0.2) is 4.68 Å². The molecule has 3 aromatic rings. The van der Waals surface area contributed by atoms with Gasteiger partial charge in [0.25, 0.3) is 5.91 Å². The lowest BCUT2D eigenvalue weighted by Gasteiger charge is -2.15. The molecule has 0 bridgehead atoms. The normalized spacial score (nSPS) is 10.4. The van der Waals surface area contributed by atoms with Crippen molar-refractivity contribution in [1.29, 1.82) is 0 Å². The minimum atomic E-state index is -0.413. The standard InChI is InChI=1S/C17H16ClN5O4/c1-25-14-6-10(7-15(26-2)16(14)27-3)20-17(24)12-8-11(4-5-13(12)18)23-9-19-21-22-23/h4-9H,1-3H3,(H,20,24). The third-order valence-corrected chi connectivity index (χ3v) is 4.06. The fourth-order valence-electron chi connectivity index (χ4n) is 2.46. The summed E-state index contributed by atoms with van der Waals surface area (Å²) >= 11 is 6.19. The molecule has 2 aromatic carbocycles. The number of aromatic nitrogens is 4. The Balaban J connectivity index is 1.93. The number of nitrogens with zero attached hydrogens (tertiary/aromatic N) is 4. The first-order chi connectivity index (χ1) is 13.1. The van der Waals surface area contributed by atoms with E-state index in [-0.39, 0.29) is 10.6 Å². The maximum absolute atomic E-state index is 12.7. The van der Waals surface area contributed by atoms with Crippen molar-refractivity contribution in [2.24, 2.45) is 0 Å². The van der Waals surface area contributed by atoms with Gasteiger partial charge in [-0.2, -0.15) is 0 Å². The number of tetrazole rings is 1. The summed E-state index contributed by atoms with van der Waals surface area (Å²) < 4.78 is 17.3. The van der Waals surface area contributed by atoms with E-state index < -0.39 is 5.91 Å². The number of ether oxygens (including phenoxy) is 3. The second-order valence-corrected chi connectivity index (χ2v) is 5.69. The van der Waals surface area contributed by atoms with E-state index in [9.17, 15) is 4.79 Å². The molecule has 140 valence electrons. The summed E-state index contributed by atoms with van der Waals surface area (Å²) in [6.45, 7) is 0. The van der Waals surface area contributed by atoms with Crippen molar-refractivity contribution in [3.8, 4) is 22.9 Å². The van der Waals surface area contributed by atoms with Crippen molar-refractivity contribution in [2.75, 3.05) is 26.6 Å². The number of carbonyl (C=O) groups is 1. The first-order valence-electron chi connectivity index (χ1n) is 7.71. The van der Waals surface area contributed by atoms with Crippen LogP contribution in [0.3, 0.4) is 0 Å². The van der Waals surface area contributed by atoms with Crippen LogP contribution in [0.4, 0.5) is 5.69 Å². The maximum Gasteiger partial charge on any atom is 0.257 e. The van der Waals surface area contributed by atoms with Crippen LogP contribution in [0.25, 0.3) is 5.69 Å². The molecule has 0 radical (unpaired) electrons. The number of halogens is 1. The van der Waals surface area contributed by atoms with Crippen molar-refractivity contribution in [1.82, 2.24) is 20.2 Å². The predicted molar refractivity (Wildman–Crippen MR) is 98.2 cm³/mol. The first kappa shape index (κ1) is 18.5. The molecule has 0 saturated heterocycles. The smallest absolute Gasteiger partial charge is 0.257 e. The Hall–Kier alpha value is -3.33. The molecule has 0 atom stereocenters. The zero-order valence-corrected chi connectivity index (χ0v) is 15.5. The highest BCUT2D eigenvalue weighted by molar-refractivity contribution is 6.34. The largest absolute Gasteiger partial charge is 0.493 e. The van der Waals surface area contributed by atoms with Gasteiger partial charge in [-0.1, -0.05) is 11.6 Å². The van der Waals surface area contributed by atoms with Crippen LogP contribution < -0.4 is 19.5 Å². The van der Waals surface area contributed by atoms with Gasteiger partial charge in [-0.15, -0.1) is 5.10 Å². The molecule has 0 fully saturated rings. The zero-order chi connectivity index (χ0) is 19.4. The number of anilines is 1. The van der Waals surface area contributed by atoms with E-state index in [1.807, 2.05) is 0 Å². The average Bonchev–Trinajstić information content (AvgIpc) is 3.22. The molecular formula is C17H16ClN5O4. The number of amides is 1. The lowest BCUT2D eigenvalue weighted by Crippen LogP contribution is -2.13. The number of carbonyl (C=O) groups excluding carboxylic acids is 1. The van der Waals surface area contributed by atoms with Crippen LogP contribution in [-0.2, 0) is 0 Å². The van der Waals surface area contributed by atoms with Gasteiger partial charge in [0.2, 0.25) is 5.75 Å². The number of hydrogen-bond acceptors (Lipinski definition) is 7. The quantitative estimate of drug-likeness (QED) is 0.691. The fraction of sp³-hybridized carbons (Fsp3) is 0.176. The Morgan fingerprint density at radius 1 is 1.07 bits per heavy atom. The predicted octanol–water partition coefficient (Wildman–Crippen LogP) is 2.59. The number of rotatable bonds is 6. The highest BCUT2D eigenvalue weighted by Gasteiger charge is 2.17. The van der Waals surface area contributed by atoms with E-state index in [0.717, 1.165) is 0 Å². The second kappa shape index (κ2) is 7.92. The maximum atomic E-state index is 12.7. The molecule has 0 aliphatic rings. The molecule has 1 heterocycles. The Kier molecular flexibility index (Phi) is 5.41. The van der Waals surface area contributed by atoms with E-state index in [2.05, 4.69) is 20.8 Å². The SMILES string of the molecule is COc1cc(NC(=O)c2cc(-n3cnnn3)ccc2Cl)cc(OC)c1OC. The summed E-state index contributed by atoms with van der Waals surface area (Å²) in [6.07, 6.45) is 1.42. The second-order valence-electron chi connectivity index (χ2n) is 5.29. The summed E-state index contributed by atoms with van der Waals surface area (Å²) in [4.78, 5) is 12.7. The molecule has 27 heavy (non-hydrogen) atoms. The molecule has 0 saturated carbocycles. The van der Waals surface area contributed by atoms with Crippen LogP contribution in [0.5, 0.6) is 17.2 Å². The summed E-state index contributed by atoms with van der Waals surface area (Å²) in [6, 6.07) is 8.14. The Morgan fingerprint density at radius 2 is 1.78 bits per heavy atom. The summed E-state index contributed by atoms with van der Waals surface area (Å²) in [7, 11) is 4.49. The highest BCUT2D eigenvalue weighted by Crippen LogP contribution is 2.40. The lowest BCUT2D eigenvalue weighted by molar-refractivity contribution is 0.102. The van der Waals surface area contributed by atoms with Crippen molar-refractivity contribution < 1.29 is 19.0 Å². The van der Waals surface area contributed by atoms with Gasteiger partial charge in [-0.3, -0.25) is 4.79 Å². The van der Waals surface area contributed by atoms with Crippen LogP contribution in [0.1, 0.15) is 10.4 Å². The minimum Gasteiger partial charge on any atom is -0.493 e. The van der Waals surface area contributed by atoms with Gasteiger partial charge < -0.3 is 19.5 Å². The molecule has 0 aliphatic carbocycles. The van der Waals surface area contributed by atoms with Gasteiger partial charge in [0.15, 0.2) is 11.5 Å². The molecule has 0 spiro atoms. The van der Waals surface area contributed by atoms with Gasteiger partial charge in [0.05, 0.1) is 37.6 Å². The molecule has 1 amide bonds. The van der Waals surface area contributed by atoms with Crippen molar-refractivity contribution in [2.45, 2.75) is 0 Å². The number of nitrogens with one attached hydrogen (secondary N) is 1. The highest BCUT2D eigenvalue weighted by atomic mass is 35.5. The molecule has 10 heteroatoms. The third-order valence-electron chi connectivity index (χ3n) is 3.73. The van der Waals surface area contributed by atoms with Crippen LogP contribution in [0.2, 0.25) is 5.02 Å². The Labute approximate surface area is 159 Å². The van der Waals surface area contributed by atoms with Crippen molar-refractivity contribution in [3.05, 3.63) is 47.2 Å². The molecule has 1 aromatic heterocycles. The summed E-state index contributed by atoms with van der Waals surface area (Å²) in [5.41, 5.74) is 1.32. The van der Waals surface area contributed by atoms with Crippen LogP contribution in [0, 0.1) is 0 Å². The summed E-state index contributed by atoms with van der Waals surface area (Å²) in [5.74, 6) is 0.849. The lowest BCUT2D eigenvalue weighted by atomic mass is 10.1. The Bertz CT molecular complexity index is 937. The fourth-order valence-corrected chi connectivity index (χ4v) is 2.66. The van der Waals surface area contributed by atoms with Crippen LogP contribution in [-0.4, -0.2) is 47.4 Å². The molecule has 1 N–H and O–H groups in total. The molecule has 9 nitrogen and oxygen atoms in total. The molecule has 0 aliphatic heterocycles. The van der Waals surface area contributed by atoms with Crippen molar-refractivity contribution in [3.63, 3.8) is 0 Å².